The first kappa shape index (κ1) is 22.9. The van der Waals surface area contributed by atoms with Crippen molar-refractivity contribution in [3.8, 4) is 50.5 Å². The number of nitrogens with zero attached hydrogens (tertiary/aromatic N) is 3. The van der Waals surface area contributed by atoms with E-state index in [1.165, 1.54) is 22.0 Å². The van der Waals surface area contributed by atoms with E-state index in [0.29, 0.717) is 0 Å². The normalized spacial score (nSPS) is 11.1. The average Bonchev–Trinajstić information content (AvgIpc) is 3.42. The number of pyridine rings is 2. The fraction of sp³-hybridized carbons (Fsp3) is 0. The third-order valence-corrected chi connectivity index (χ3v) is 7.12. The van der Waals surface area contributed by atoms with E-state index in [2.05, 4.69) is 131 Å². The summed E-state index contributed by atoms with van der Waals surface area (Å²) in [5.74, 6) is 0. The Morgan fingerprint density at radius 1 is 0.462 bits per heavy atom. The summed E-state index contributed by atoms with van der Waals surface area (Å²) in [5, 5.41) is 1.21. The lowest BCUT2D eigenvalue weighted by atomic mass is 9.97. The lowest BCUT2D eigenvalue weighted by molar-refractivity contribution is 1.11. The summed E-state index contributed by atoms with van der Waals surface area (Å²) in [7, 11) is 0. The van der Waals surface area contributed by atoms with E-state index >= 15 is 0 Å². The van der Waals surface area contributed by atoms with Gasteiger partial charge in [-0.2, -0.15) is 0 Å². The average molecular weight is 500 g/mol. The molecule has 0 unspecified atom stereocenters. The Morgan fingerprint density at radius 3 is 1.85 bits per heavy atom. The van der Waals surface area contributed by atoms with Crippen molar-refractivity contribution in [2.45, 2.75) is 0 Å². The fourth-order valence-electron chi connectivity index (χ4n) is 5.21. The maximum absolute atomic E-state index is 5.14. The molecule has 3 nitrogen and oxygen atoms in total. The minimum absolute atomic E-state index is 0.954. The summed E-state index contributed by atoms with van der Waals surface area (Å²) in [4.78, 5) is 9.34. The SMILES string of the molecule is c1ccc(-c2cc(-c3ccccc3)nc(-c3cccc(-c4cn(-c5ccncc5)c5ccccc45)c3)c2)cc1. The molecule has 39 heavy (non-hydrogen) atoms. The van der Waals surface area contributed by atoms with Crippen molar-refractivity contribution in [2.24, 2.45) is 0 Å². The van der Waals surface area contributed by atoms with Gasteiger partial charge in [0.05, 0.1) is 16.9 Å². The van der Waals surface area contributed by atoms with E-state index in [1.807, 2.05) is 30.6 Å². The molecule has 3 heteroatoms. The Hall–Kier alpha value is -5.28. The molecule has 4 aromatic carbocycles. The van der Waals surface area contributed by atoms with Gasteiger partial charge in [0.2, 0.25) is 0 Å². The van der Waals surface area contributed by atoms with Gasteiger partial charge < -0.3 is 4.57 Å². The predicted octanol–water partition coefficient (Wildman–Crippen LogP) is 9.09. The molecule has 7 aromatic rings. The maximum Gasteiger partial charge on any atom is 0.0715 e. The third kappa shape index (κ3) is 4.41. The van der Waals surface area contributed by atoms with Gasteiger partial charge in [-0.3, -0.25) is 4.98 Å². The van der Waals surface area contributed by atoms with Crippen molar-refractivity contribution in [3.05, 3.63) is 152 Å². The van der Waals surface area contributed by atoms with E-state index in [0.717, 1.165) is 39.3 Å². The third-order valence-electron chi connectivity index (χ3n) is 7.12. The summed E-state index contributed by atoms with van der Waals surface area (Å²) in [5.41, 5.74) is 11.0. The van der Waals surface area contributed by atoms with Gasteiger partial charge >= 0.3 is 0 Å². The number of fused-ring (bicyclic) bond motifs is 1. The van der Waals surface area contributed by atoms with E-state index in [4.69, 9.17) is 4.98 Å². The van der Waals surface area contributed by atoms with E-state index < -0.39 is 0 Å². The molecule has 3 aromatic heterocycles. The highest BCUT2D eigenvalue weighted by atomic mass is 15.0. The Kier molecular flexibility index (Phi) is 5.80. The molecule has 0 aliphatic rings. The number of rotatable bonds is 5. The molecular weight excluding hydrogens is 474 g/mol. The predicted molar refractivity (Wildman–Crippen MR) is 161 cm³/mol. The molecule has 0 aliphatic heterocycles. The molecule has 0 fully saturated rings. The second-order valence-corrected chi connectivity index (χ2v) is 9.57. The first-order valence-corrected chi connectivity index (χ1v) is 13.1. The zero-order valence-corrected chi connectivity index (χ0v) is 21.3. The van der Waals surface area contributed by atoms with Gasteiger partial charge in [0, 0.05) is 46.4 Å². The Morgan fingerprint density at radius 2 is 1.08 bits per heavy atom. The van der Waals surface area contributed by atoms with Crippen LogP contribution in [-0.4, -0.2) is 14.5 Å². The van der Waals surface area contributed by atoms with Gasteiger partial charge in [-0.25, -0.2) is 4.98 Å². The Labute approximate surface area is 227 Å². The second kappa shape index (κ2) is 9.88. The highest BCUT2D eigenvalue weighted by Crippen LogP contribution is 2.36. The van der Waals surface area contributed by atoms with Crippen LogP contribution in [0.4, 0.5) is 0 Å². The lowest BCUT2D eigenvalue weighted by Crippen LogP contribution is -1.92. The number of para-hydroxylation sites is 1. The summed E-state index contributed by atoms with van der Waals surface area (Å²) < 4.78 is 2.24. The van der Waals surface area contributed by atoms with Gasteiger partial charge in [0.15, 0.2) is 0 Å². The standard InChI is InChI=1S/C36H25N3/c1-3-10-26(11-4-1)30-23-34(27-12-5-2-6-13-27)38-35(24-30)29-15-9-14-28(22-29)33-25-39(31-18-20-37-21-19-31)36-17-8-7-16-32(33)36/h1-25H. The molecule has 0 atom stereocenters. The molecule has 184 valence electrons. The molecule has 0 spiro atoms. The molecular formula is C36H25N3. The minimum atomic E-state index is 0.954. The lowest BCUT2D eigenvalue weighted by Gasteiger charge is -2.11. The highest BCUT2D eigenvalue weighted by molar-refractivity contribution is 5.97. The van der Waals surface area contributed by atoms with Gasteiger partial charge in [-0.05, 0) is 53.1 Å². The second-order valence-electron chi connectivity index (χ2n) is 9.57. The van der Waals surface area contributed by atoms with E-state index in [-0.39, 0.29) is 0 Å². The molecule has 0 radical (unpaired) electrons. The zero-order valence-electron chi connectivity index (χ0n) is 21.3. The van der Waals surface area contributed by atoms with Gasteiger partial charge in [-0.1, -0.05) is 97.1 Å². The molecule has 0 saturated carbocycles. The van der Waals surface area contributed by atoms with Crippen LogP contribution in [0, 0.1) is 0 Å². The highest BCUT2D eigenvalue weighted by Gasteiger charge is 2.14. The quantitative estimate of drug-likeness (QED) is 0.236. The monoisotopic (exact) mass is 499 g/mol. The van der Waals surface area contributed by atoms with Crippen LogP contribution < -0.4 is 0 Å². The van der Waals surface area contributed by atoms with Gasteiger partial charge in [0.25, 0.3) is 0 Å². The van der Waals surface area contributed by atoms with Crippen LogP contribution in [0.15, 0.2) is 152 Å². The molecule has 0 bridgehead atoms. The van der Waals surface area contributed by atoms with Crippen molar-refractivity contribution in [1.82, 2.24) is 14.5 Å². The largest absolute Gasteiger partial charge is 0.316 e. The van der Waals surface area contributed by atoms with Crippen molar-refractivity contribution in [1.29, 1.82) is 0 Å². The van der Waals surface area contributed by atoms with Crippen LogP contribution in [0.5, 0.6) is 0 Å². The van der Waals surface area contributed by atoms with Crippen molar-refractivity contribution in [2.75, 3.05) is 0 Å². The first-order chi connectivity index (χ1) is 19.3. The number of benzene rings is 4. The maximum atomic E-state index is 5.14. The molecule has 0 saturated heterocycles. The van der Waals surface area contributed by atoms with Gasteiger partial charge in [0.1, 0.15) is 0 Å². The molecule has 0 amide bonds. The van der Waals surface area contributed by atoms with E-state index in [1.54, 1.807) is 0 Å². The van der Waals surface area contributed by atoms with Crippen LogP contribution in [0.2, 0.25) is 0 Å². The number of aromatic nitrogens is 3. The van der Waals surface area contributed by atoms with Crippen molar-refractivity contribution in [3.63, 3.8) is 0 Å². The minimum Gasteiger partial charge on any atom is -0.316 e. The molecule has 0 N–H and O–H groups in total. The summed E-state index contributed by atoms with van der Waals surface area (Å²) in [6, 6.07) is 46.6. The van der Waals surface area contributed by atoms with Crippen LogP contribution in [0.25, 0.3) is 61.4 Å². The summed E-state index contributed by atoms with van der Waals surface area (Å²) in [6.07, 6.45) is 5.89. The van der Waals surface area contributed by atoms with Crippen LogP contribution in [-0.2, 0) is 0 Å². The Bertz CT molecular complexity index is 1830. The fourth-order valence-corrected chi connectivity index (χ4v) is 5.21. The van der Waals surface area contributed by atoms with Gasteiger partial charge in [-0.15, -0.1) is 0 Å². The molecule has 3 heterocycles. The molecule has 0 aliphatic carbocycles. The molecule has 7 rings (SSSR count). The van der Waals surface area contributed by atoms with Crippen LogP contribution in [0.3, 0.4) is 0 Å². The van der Waals surface area contributed by atoms with Crippen molar-refractivity contribution < 1.29 is 0 Å². The first-order valence-electron chi connectivity index (χ1n) is 13.1. The zero-order chi connectivity index (χ0) is 26.0. The Balaban J connectivity index is 1.39. The van der Waals surface area contributed by atoms with E-state index in [9.17, 15) is 0 Å². The van der Waals surface area contributed by atoms with Crippen LogP contribution >= 0.6 is 0 Å². The van der Waals surface area contributed by atoms with Crippen LogP contribution in [0.1, 0.15) is 0 Å². The smallest absolute Gasteiger partial charge is 0.0715 e. The van der Waals surface area contributed by atoms with Crippen molar-refractivity contribution >= 4 is 10.9 Å². The number of hydrogen-bond acceptors (Lipinski definition) is 2. The summed E-state index contributed by atoms with van der Waals surface area (Å²) in [6.45, 7) is 0. The topological polar surface area (TPSA) is 30.7 Å². The number of hydrogen-bond donors (Lipinski definition) is 0. The summed E-state index contributed by atoms with van der Waals surface area (Å²) >= 11 is 0.